The number of aliphatic hydroxyl groups excluding tert-OH is 2. The monoisotopic (exact) mass is 511 g/mol. The third-order valence-corrected chi connectivity index (χ3v) is 6.32. The van der Waals surface area contributed by atoms with Crippen molar-refractivity contribution in [2.24, 2.45) is 0 Å². The number of aromatic nitrogens is 2. The van der Waals surface area contributed by atoms with Crippen LogP contribution in [0.1, 0.15) is 30.4 Å². The smallest absolute Gasteiger partial charge is 0.213 e. The van der Waals surface area contributed by atoms with Crippen molar-refractivity contribution >= 4 is 23.2 Å². The number of pyridine rings is 2. The van der Waals surface area contributed by atoms with Gasteiger partial charge in [-0.05, 0) is 43.2 Å². The molecule has 1 saturated heterocycles. The normalized spacial score (nSPS) is 21.2. The van der Waals surface area contributed by atoms with Gasteiger partial charge in [-0.15, -0.1) is 0 Å². The summed E-state index contributed by atoms with van der Waals surface area (Å²) >= 11 is 0. The Labute approximate surface area is 214 Å². The lowest BCUT2D eigenvalue weighted by Crippen LogP contribution is -2.48. The number of rotatable bonds is 10. The number of nitrogens with one attached hydrogen (secondary N) is 1. The van der Waals surface area contributed by atoms with E-state index in [4.69, 9.17) is 9.47 Å². The second-order valence-corrected chi connectivity index (χ2v) is 8.93. The number of hydrogen-bond donors (Lipinski definition) is 3. The van der Waals surface area contributed by atoms with Gasteiger partial charge in [0, 0.05) is 42.4 Å². The maximum atomic E-state index is 13.8. The lowest BCUT2D eigenvalue weighted by molar-refractivity contribution is -0.0714. The molecular weight excluding hydrogens is 480 g/mol. The third kappa shape index (κ3) is 7.17. The molecule has 37 heavy (non-hydrogen) atoms. The standard InChI is InChI=1S/C28H31F2N3O4/c1-36-27-11-10-25-28(33-27)18(12-14-32-25)4-6-22-7-9-24(26(37-22)16-21(35)17-34)31-13-2-3-19-15-20(29)5-8-23(19)30/h2-6,8,10-12,14-15,21-22,24,26,31,34-35H,7,9,13,16-17H2,1H3/b3-2+,6-4?/t21-,22+,24+,26+/m0/s1. The summed E-state index contributed by atoms with van der Waals surface area (Å²) in [6.45, 7) is 0.0507. The molecule has 3 N–H and O–H groups in total. The highest BCUT2D eigenvalue weighted by Crippen LogP contribution is 2.26. The summed E-state index contributed by atoms with van der Waals surface area (Å²) in [4.78, 5) is 8.86. The lowest BCUT2D eigenvalue weighted by atomic mass is 9.94. The van der Waals surface area contributed by atoms with Gasteiger partial charge in [0.2, 0.25) is 5.88 Å². The fourth-order valence-electron chi connectivity index (χ4n) is 4.39. The molecule has 0 aliphatic carbocycles. The molecule has 3 aromatic rings. The average molecular weight is 512 g/mol. The number of ether oxygens (including phenoxy) is 2. The predicted molar refractivity (Wildman–Crippen MR) is 138 cm³/mol. The molecule has 0 spiro atoms. The highest BCUT2D eigenvalue weighted by atomic mass is 19.1. The van der Waals surface area contributed by atoms with Crippen molar-refractivity contribution in [3.8, 4) is 5.88 Å². The molecule has 1 aliphatic heterocycles. The van der Waals surface area contributed by atoms with Gasteiger partial charge < -0.3 is 25.0 Å². The molecule has 0 bridgehead atoms. The minimum absolute atomic E-state index is 0.0828. The number of halogens is 2. The van der Waals surface area contributed by atoms with E-state index in [2.05, 4.69) is 15.3 Å². The molecule has 4 atom stereocenters. The molecule has 196 valence electrons. The molecule has 3 heterocycles. The van der Waals surface area contributed by atoms with Gasteiger partial charge in [-0.1, -0.05) is 24.3 Å². The summed E-state index contributed by atoms with van der Waals surface area (Å²) in [6, 6.07) is 8.73. The molecule has 1 aromatic carbocycles. The van der Waals surface area contributed by atoms with E-state index in [1.807, 2.05) is 24.3 Å². The maximum absolute atomic E-state index is 13.8. The van der Waals surface area contributed by atoms with Crippen molar-refractivity contribution in [1.29, 1.82) is 0 Å². The molecule has 2 aromatic heterocycles. The highest BCUT2D eigenvalue weighted by molar-refractivity contribution is 5.84. The Hall–Kier alpha value is -3.24. The second kappa shape index (κ2) is 12.8. The van der Waals surface area contributed by atoms with Crippen LogP contribution >= 0.6 is 0 Å². The number of hydrogen-bond acceptors (Lipinski definition) is 7. The third-order valence-electron chi connectivity index (χ3n) is 6.32. The first kappa shape index (κ1) is 26.8. The maximum Gasteiger partial charge on any atom is 0.213 e. The molecule has 0 saturated carbocycles. The zero-order valence-corrected chi connectivity index (χ0v) is 20.6. The van der Waals surface area contributed by atoms with E-state index in [1.165, 1.54) is 6.08 Å². The van der Waals surface area contributed by atoms with Gasteiger partial charge in [0.25, 0.3) is 0 Å². The minimum Gasteiger partial charge on any atom is -0.481 e. The van der Waals surface area contributed by atoms with Crippen LogP contribution < -0.4 is 10.1 Å². The zero-order chi connectivity index (χ0) is 26.2. The SMILES string of the molecule is COc1ccc2nccc(C=C[C@@H]3CC[C@@H](NC/C=C/c4cc(F)ccc4F)[C@@H](C[C@H](O)CO)O3)c2n1. The number of aliphatic hydroxyl groups is 2. The van der Waals surface area contributed by atoms with Crippen LogP contribution in [0.5, 0.6) is 5.88 Å². The summed E-state index contributed by atoms with van der Waals surface area (Å²) < 4.78 is 38.7. The molecular formula is C28H31F2N3O4. The quantitative estimate of drug-likeness (QED) is 0.380. The Morgan fingerprint density at radius 2 is 2.03 bits per heavy atom. The van der Waals surface area contributed by atoms with E-state index in [-0.39, 0.29) is 36.8 Å². The van der Waals surface area contributed by atoms with Crippen molar-refractivity contribution < 1.29 is 28.5 Å². The van der Waals surface area contributed by atoms with E-state index in [0.29, 0.717) is 12.4 Å². The first-order valence-electron chi connectivity index (χ1n) is 12.2. The highest BCUT2D eigenvalue weighted by Gasteiger charge is 2.31. The Morgan fingerprint density at radius 1 is 1.16 bits per heavy atom. The topological polar surface area (TPSA) is 96.7 Å². The Bertz CT molecular complexity index is 1250. The molecule has 0 amide bonds. The van der Waals surface area contributed by atoms with E-state index < -0.39 is 17.7 Å². The van der Waals surface area contributed by atoms with Gasteiger partial charge in [0.15, 0.2) is 0 Å². The summed E-state index contributed by atoms with van der Waals surface area (Å²) in [5.41, 5.74) is 2.54. The van der Waals surface area contributed by atoms with Crippen LogP contribution in [-0.4, -0.2) is 64.8 Å². The van der Waals surface area contributed by atoms with Crippen LogP contribution in [0, 0.1) is 11.6 Å². The zero-order valence-electron chi connectivity index (χ0n) is 20.6. The number of methoxy groups -OCH3 is 1. The summed E-state index contributed by atoms with van der Waals surface area (Å²) in [5, 5.41) is 22.8. The summed E-state index contributed by atoms with van der Waals surface area (Å²) in [6.07, 6.45) is 9.21. The lowest BCUT2D eigenvalue weighted by Gasteiger charge is -2.37. The van der Waals surface area contributed by atoms with Crippen LogP contribution in [0.2, 0.25) is 0 Å². The van der Waals surface area contributed by atoms with Crippen molar-refractivity contribution in [2.75, 3.05) is 20.3 Å². The first-order valence-corrected chi connectivity index (χ1v) is 12.2. The molecule has 4 rings (SSSR count). The second-order valence-electron chi connectivity index (χ2n) is 8.93. The van der Waals surface area contributed by atoms with Crippen LogP contribution in [0.25, 0.3) is 23.2 Å². The van der Waals surface area contributed by atoms with Gasteiger partial charge in [-0.2, -0.15) is 0 Å². The van der Waals surface area contributed by atoms with Crippen molar-refractivity contribution in [1.82, 2.24) is 15.3 Å². The van der Waals surface area contributed by atoms with E-state index in [0.717, 1.165) is 47.6 Å². The van der Waals surface area contributed by atoms with E-state index >= 15 is 0 Å². The minimum atomic E-state index is -0.908. The fourth-order valence-corrected chi connectivity index (χ4v) is 4.39. The Kier molecular flexibility index (Phi) is 9.29. The van der Waals surface area contributed by atoms with Gasteiger partial charge >= 0.3 is 0 Å². The predicted octanol–water partition coefficient (Wildman–Crippen LogP) is 3.89. The van der Waals surface area contributed by atoms with E-state index in [1.54, 1.807) is 25.4 Å². The Morgan fingerprint density at radius 3 is 2.84 bits per heavy atom. The molecule has 1 aliphatic rings. The van der Waals surface area contributed by atoms with Crippen LogP contribution in [0.15, 0.2) is 54.7 Å². The summed E-state index contributed by atoms with van der Waals surface area (Å²) in [7, 11) is 1.57. The van der Waals surface area contributed by atoms with Crippen molar-refractivity contribution in [2.45, 2.75) is 43.6 Å². The average Bonchev–Trinajstić information content (AvgIpc) is 2.92. The molecule has 0 radical (unpaired) electrons. The van der Waals surface area contributed by atoms with Gasteiger partial charge in [0.1, 0.15) is 11.6 Å². The van der Waals surface area contributed by atoms with Crippen molar-refractivity contribution in [3.05, 3.63) is 77.5 Å². The van der Waals surface area contributed by atoms with Gasteiger partial charge in [0.05, 0.1) is 43.1 Å². The molecule has 7 nitrogen and oxygen atoms in total. The largest absolute Gasteiger partial charge is 0.481 e. The van der Waals surface area contributed by atoms with Gasteiger partial charge in [-0.25, -0.2) is 13.8 Å². The molecule has 9 heteroatoms. The number of fused-ring (bicyclic) bond motifs is 1. The number of nitrogens with zero attached hydrogens (tertiary/aromatic N) is 2. The van der Waals surface area contributed by atoms with E-state index in [9.17, 15) is 19.0 Å². The summed E-state index contributed by atoms with van der Waals surface area (Å²) in [5.74, 6) is -0.486. The first-order chi connectivity index (χ1) is 18.0. The number of benzene rings is 1. The Balaban J connectivity index is 1.41. The van der Waals surface area contributed by atoms with Crippen LogP contribution in [-0.2, 0) is 4.74 Å². The fraction of sp³-hybridized carbons (Fsp3) is 0.357. The van der Waals surface area contributed by atoms with Crippen LogP contribution in [0.4, 0.5) is 8.78 Å². The molecule has 0 unspecified atom stereocenters. The van der Waals surface area contributed by atoms with Gasteiger partial charge in [-0.3, -0.25) is 4.98 Å². The van der Waals surface area contributed by atoms with Crippen LogP contribution in [0.3, 0.4) is 0 Å². The molecule has 1 fully saturated rings. The van der Waals surface area contributed by atoms with Crippen molar-refractivity contribution in [3.63, 3.8) is 0 Å².